The molecular weight excluding hydrogens is 491 g/mol. The van der Waals surface area contributed by atoms with Crippen molar-refractivity contribution in [2.45, 2.75) is 32.7 Å². The summed E-state index contributed by atoms with van der Waals surface area (Å²) in [4.78, 5) is 24.4. The lowest BCUT2D eigenvalue weighted by atomic mass is 10.1. The Morgan fingerprint density at radius 2 is 1.79 bits per heavy atom. The van der Waals surface area contributed by atoms with Gasteiger partial charge in [-0.3, -0.25) is 25.0 Å². The third kappa shape index (κ3) is 4.55. The van der Waals surface area contributed by atoms with Gasteiger partial charge < -0.3 is 4.98 Å². The second-order valence-corrected chi connectivity index (χ2v) is 10.3. The van der Waals surface area contributed by atoms with Gasteiger partial charge in [-0.05, 0) is 80.4 Å². The third-order valence-electron chi connectivity index (χ3n) is 7.33. The quantitative estimate of drug-likeness (QED) is 0.288. The number of piperidine rings is 1. The first kappa shape index (κ1) is 23.6. The molecule has 39 heavy (non-hydrogen) atoms. The van der Waals surface area contributed by atoms with Crippen LogP contribution in [0.4, 0.5) is 4.39 Å². The maximum absolute atomic E-state index is 14.2. The lowest BCUT2D eigenvalue weighted by molar-refractivity contribution is 0.220. The number of halogens is 1. The van der Waals surface area contributed by atoms with Gasteiger partial charge >= 0.3 is 0 Å². The number of fused-ring (bicyclic) bond motifs is 2. The molecule has 9 heteroatoms. The van der Waals surface area contributed by atoms with Crippen LogP contribution in [0.3, 0.4) is 0 Å². The molecule has 2 N–H and O–H groups in total. The number of imidazole rings is 1. The zero-order chi connectivity index (χ0) is 26.3. The Bertz CT molecular complexity index is 1800. The Labute approximate surface area is 224 Å². The van der Waals surface area contributed by atoms with Gasteiger partial charge in [-0.2, -0.15) is 5.10 Å². The molecule has 0 radical (unpaired) electrons. The fourth-order valence-corrected chi connectivity index (χ4v) is 5.48. The summed E-state index contributed by atoms with van der Waals surface area (Å²) in [6, 6.07) is 11.0. The molecule has 0 bridgehead atoms. The minimum Gasteiger partial charge on any atom is -0.336 e. The Hall–Kier alpha value is -4.50. The van der Waals surface area contributed by atoms with E-state index in [0.717, 1.165) is 52.9 Å². The van der Waals surface area contributed by atoms with Gasteiger partial charge in [0.05, 0.1) is 28.6 Å². The summed E-state index contributed by atoms with van der Waals surface area (Å²) in [7, 11) is 0. The summed E-state index contributed by atoms with van der Waals surface area (Å²) in [6.07, 6.45) is 11.1. The molecule has 0 unspecified atom stereocenters. The average Bonchev–Trinajstić information content (AvgIpc) is 3.57. The molecule has 1 saturated heterocycles. The number of likely N-dealkylation sites (tertiary alicyclic amines) is 1. The molecule has 0 aliphatic carbocycles. The van der Waals surface area contributed by atoms with E-state index >= 15 is 0 Å². The second kappa shape index (κ2) is 9.67. The van der Waals surface area contributed by atoms with Crippen LogP contribution in [0, 0.1) is 12.7 Å². The fraction of sp³-hybridized carbons (Fsp3) is 0.233. The molecule has 1 aliphatic heterocycles. The molecule has 6 aromatic rings. The Balaban J connectivity index is 1.26. The van der Waals surface area contributed by atoms with E-state index in [1.54, 1.807) is 12.4 Å². The number of aryl methyl sites for hydroxylation is 1. The topological polar surface area (TPSA) is 99.3 Å². The number of aromatic amines is 2. The van der Waals surface area contributed by atoms with Gasteiger partial charge in [-0.15, -0.1) is 0 Å². The zero-order valence-electron chi connectivity index (χ0n) is 21.6. The highest BCUT2D eigenvalue weighted by atomic mass is 19.1. The minimum atomic E-state index is -0.299. The highest BCUT2D eigenvalue weighted by Crippen LogP contribution is 2.32. The van der Waals surface area contributed by atoms with Crippen LogP contribution in [0.1, 0.15) is 30.4 Å². The smallest absolute Gasteiger partial charge is 0.159 e. The van der Waals surface area contributed by atoms with Crippen LogP contribution in [-0.4, -0.2) is 53.1 Å². The lowest BCUT2D eigenvalue weighted by Crippen LogP contribution is -2.29. The van der Waals surface area contributed by atoms with Crippen molar-refractivity contribution in [3.8, 4) is 34.0 Å². The molecular formula is C30H27FN8. The summed E-state index contributed by atoms with van der Waals surface area (Å²) in [5.41, 5.74) is 8.08. The van der Waals surface area contributed by atoms with Gasteiger partial charge in [-0.25, -0.2) is 9.37 Å². The molecule has 1 fully saturated rings. The Morgan fingerprint density at radius 1 is 0.897 bits per heavy atom. The van der Waals surface area contributed by atoms with Gasteiger partial charge in [0, 0.05) is 41.6 Å². The van der Waals surface area contributed by atoms with Crippen molar-refractivity contribution >= 4 is 21.9 Å². The molecule has 7 rings (SSSR count). The lowest BCUT2D eigenvalue weighted by Gasteiger charge is -2.26. The van der Waals surface area contributed by atoms with Gasteiger partial charge in [0.15, 0.2) is 5.82 Å². The van der Waals surface area contributed by atoms with Crippen molar-refractivity contribution in [1.29, 1.82) is 0 Å². The molecule has 194 valence electrons. The van der Waals surface area contributed by atoms with Crippen LogP contribution >= 0.6 is 0 Å². The number of benzene rings is 1. The van der Waals surface area contributed by atoms with Crippen LogP contribution in [0.5, 0.6) is 0 Å². The SMILES string of the molecule is Cc1cc(F)cc(-c2nccc3[nH]c(-c4n[nH]c5cnc(-c6cncc(CN7CCCCC7)c6)cc45)nc23)c1. The number of rotatable bonds is 5. The molecule has 6 heterocycles. The molecule has 0 atom stereocenters. The maximum Gasteiger partial charge on any atom is 0.159 e. The molecule has 1 aromatic carbocycles. The van der Waals surface area contributed by atoms with Crippen LogP contribution in [0.25, 0.3) is 56.0 Å². The van der Waals surface area contributed by atoms with Gasteiger partial charge in [0.25, 0.3) is 0 Å². The van der Waals surface area contributed by atoms with E-state index in [9.17, 15) is 4.39 Å². The molecule has 8 nitrogen and oxygen atoms in total. The number of nitrogens with one attached hydrogen (secondary N) is 2. The maximum atomic E-state index is 14.2. The van der Waals surface area contributed by atoms with E-state index < -0.39 is 0 Å². The number of pyridine rings is 3. The first-order valence-corrected chi connectivity index (χ1v) is 13.2. The Morgan fingerprint density at radius 3 is 2.67 bits per heavy atom. The largest absolute Gasteiger partial charge is 0.336 e. The van der Waals surface area contributed by atoms with Crippen molar-refractivity contribution in [3.05, 3.63) is 78.1 Å². The van der Waals surface area contributed by atoms with Crippen molar-refractivity contribution in [3.63, 3.8) is 0 Å². The molecule has 1 aliphatic rings. The van der Waals surface area contributed by atoms with E-state index in [1.165, 1.54) is 37.0 Å². The second-order valence-electron chi connectivity index (χ2n) is 10.3. The van der Waals surface area contributed by atoms with E-state index in [0.29, 0.717) is 28.3 Å². The first-order valence-electron chi connectivity index (χ1n) is 13.2. The monoisotopic (exact) mass is 518 g/mol. The normalized spacial score (nSPS) is 14.4. The van der Waals surface area contributed by atoms with Gasteiger partial charge in [-0.1, -0.05) is 6.42 Å². The van der Waals surface area contributed by atoms with Gasteiger partial charge in [0.1, 0.15) is 17.0 Å². The van der Waals surface area contributed by atoms with Crippen molar-refractivity contribution in [2.24, 2.45) is 0 Å². The van der Waals surface area contributed by atoms with Crippen LogP contribution < -0.4 is 0 Å². The molecule has 5 aromatic heterocycles. The van der Waals surface area contributed by atoms with Crippen LogP contribution in [0.2, 0.25) is 0 Å². The third-order valence-corrected chi connectivity index (χ3v) is 7.33. The summed E-state index contributed by atoms with van der Waals surface area (Å²) in [6.45, 7) is 5.05. The van der Waals surface area contributed by atoms with E-state index in [-0.39, 0.29) is 5.82 Å². The number of hydrogen-bond acceptors (Lipinski definition) is 6. The first-order chi connectivity index (χ1) is 19.1. The minimum absolute atomic E-state index is 0.299. The van der Waals surface area contributed by atoms with E-state index in [4.69, 9.17) is 4.98 Å². The number of hydrogen-bond donors (Lipinski definition) is 2. The van der Waals surface area contributed by atoms with Crippen molar-refractivity contribution < 1.29 is 4.39 Å². The predicted octanol–water partition coefficient (Wildman–Crippen LogP) is 6.06. The predicted molar refractivity (Wildman–Crippen MR) is 149 cm³/mol. The summed E-state index contributed by atoms with van der Waals surface area (Å²) < 4.78 is 14.2. The highest BCUT2D eigenvalue weighted by Gasteiger charge is 2.18. The molecule has 0 saturated carbocycles. The number of aromatic nitrogens is 7. The average molecular weight is 519 g/mol. The zero-order valence-corrected chi connectivity index (χ0v) is 21.6. The highest BCUT2D eigenvalue weighted by molar-refractivity contribution is 5.96. The van der Waals surface area contributed by atoms with Crippen LogP contribution in [0.15, 0.2) is 61.2 Å². The number of H-pyrrole nitrogens is 2. The number of nitrogens with zero attached hydrogens (tertiary/aromatic N) is 6. The summed E-state index contributed by atoms with van der Waals surface area (Å²) in [5, 5.41) is 8.54. The van der Waals surface area contributed by atoms with Crippen LogP contribution in [-0.2, 0) is 6.54 Å². The van der Waals surface area contributed by atoms with Crippen molar-refractivity contribution in [1.82, 2.24) is 40.0 Å². The van der Waals surface area contributed by atoms with E-state index in [2.05, 4.69) is 41.1 Å². The van der Waals surface area contributed by atoms with Crippen molar-refractivity contribution in [2.75, 3.05) is 13.1 Å². The van der Waals surface area contributed by atoms with Gasteiger partial charge in [0.2, 0.25) is 0 Å². The molecule has 0 spiro atoms. The Kier molecular flexibility index (Phi) is 5.85. The standard InChI is InChI=1S/C30H27FN8/c1-18-9-20(12-22(31)10-18)27-29-24(5-6-33-27)35-30(36-29)28-23-13-25(34-16-26(23)37-38-28)21-11-19(14-32-15-21)17-39-7-3-2-4-8-39/h5-6,9-16H,2-4,7-8,17H2,1H3,(H,35,36)(H,37,38). The summed E-state index contributed by atoms with van der Waals surface area (Å²) >= 11 is 0. The molecule has 0 amide bonds. The summed E-state index contributed by atoms with van der Waals surface area (Å²) in [5.74, 6) is 0.306. The fourth-order valence-electron chi connectivity index (χ4n) is 5.48. The van der Waals surface area contributed by atoms with E-state index in [1.807, 2.05) is 37.5 Å².